The van der Waals surface area contributed by atoms with Crippen LogP contribution in [-0.4, -0.2) is 32.7 Å². The Morgan fingerprint density at radius 2 is 1.90 bits per heavy atom. The minimum absolute atomic E-state index is 0.199. The third-order valence-corrected chi connectivity index (χ3v) is 6.02. The van der Waals surface area contributed by atoms with Crippen molar-refractivity contribution in [2.45, 2.75) is 37.8 Å². The maximum Gasteiger partial charge on any atom is 0.251 e. The molecular formula is C21H22Cl2N4O2. The van der Waals surface area contributed by atoms with Crippen molar-refractivity contribution in [2.75, 3.05) is 5.32 Å². The Morgan fingerprint density at radius 1 is 1.17 bits per heavy atom. The van der Waals surface area contributed by atoms with Crippen LogP contribution in [0.5, 0.6) is 0 Å². The smallest absolute Gasteiger partial charge is 0.251 e. The van der Waals surface area contributed by atoms with E-state index in [9.17, 15) is 9.90 Å². The number of anilines is 2. The summed E-state index contributed by atoms with van der Waals surface area (Å²) in [7, 11) is 1.88. The van der Waals surface area contributed by atoms with Gasteiger partial charge in [-0.3, -0.25) is 4.79 Å². The first-order chi connectivity index (χ1) is 13.9. The number of rotatable bonds is 4. The Kier molecular flexibility index (Phi) is 5.67. The molecule has 0 bridgehead atoms. The van der Waals surface area contributed by atoms with Crippen molar-refractivity contribution in [3.63, 3.8) is 0 Å². The Morgan fingerprint density at radius 3 is 2.62 bits per heavy atom. The summed E-state index contributed by atoms with van der Waals surface area (Å²) < 4.78 is 1.88. The Balaban J connectivity index is 1.59. The van der Waals surface area contributed by atoms with E-state index >= 15 is 0 Å². The molecule has 3 N–H and O–H groups in total. The van der Waals surface area contributed by atoms with Gasteiger partial charge in [0.05, 0.1) is 38.9 Å². The Bertz CT molecular complexity index is 1050. The van der Waals surface area contributed by atoms with Crippen molar-refractivity contribution < 1.29 is 9.90 Å². The highest BCUT2D eigenvalue weighted by atomic mass is 35.5. The molecule has 1 aliphatic carbocycles. The highest BCUT2D eigenvalue weighted by molar-refractivity contribution is 6.39. The molecule has 29 heavy (non-hydrogen) atoms. The van der Waals surface area contributed by atoms with Gasteiger partial charge in [0.2, 0.25) is 5.95 Å². The number of fused-ring (bicyclic) bond motifs is 1. The zero-order valence-electron chi connectivity index (χ0n) is 16.0. The molecule has 1 aromatic heterocycles. The summed E-state index contributed by atoms with van der Waals surface area (Å²) in [6, 6.07) is 10.4. The third kappa shape index (κ3) is 4.06. The number of nitrogens with zero attached hydrogens (tertiary/aromatic N) is 2. The topological polar surface area (TPSA) is 79.2 Å². The van der Waals surface area contributed by atoms with E-state index in [-0.39, 0.29) is 11.9 Å². The number of aryl methyl sites for hydroxylation is 1. The molecule has 1 heterocycles. The number of carbonyl (C=O) groups excluding carboxylic acids is 1. The van der Waals surface area contributed by atoms with Gasteiger partial charge in [0.15, 0.2) is 0 Å². The lowest BCUT2D eigenvalue weighted by atomic mass is 9.92. The summed E-state index contributed by atoms with van der Waals surface area (Å²) in [6.07, 6.45) is 3.05. The van der Waals surface area contributed by atoms with Crippen LogP contribution in [0.25, 0.3) is 11.0 Å². The number of hydrogen-bond donors (Lipinski definition) is 3. The number of imidazole rings is 1. The molecule has 0 spiro atoms. The van der Waals surface area contributed by atoms with Crippen molar-refractivity contribution in [1.82, 2.24) is 14.9 Å². The van der Waals surface area contributed by atoms with Gasteiger partial charge >= 0.3 is 0 Å². The lowest BCUT2D eigenvalue weighted by Gasteiger charge is -2.28. The molecule has 1 fully saturated rings. The predicted octanol–water partition coefficient (Wildman–Crippen LogP) is 4.66. The first-order valence-electron chi connectivity index (χ1n) is 9.60. The van der Waals surface area contributed by atoms with E-state index in [0.29, 0.717) is 32.8 Å². The predicted molar refractivity (Wildman–Crippen MR) is 116 cm³/mol. The quantitative estimate of drug-likeness (QED) is 0.560. The highest BCUT2D eigenvalue weighted by Gasteiger charge is 2.25. The molecule has 0 radical (unpaired) electrons. The fourth-order valence-corrected chi connectivity index (χ4v) is 4.21. The number of nitrogens with one attached hydrogen (secondary N) is 2. The van der Waals surface area contributed by atoms with E-state index in [4.69, 9.17) is 23.2 Å². The molecule has 1 aliphatic rings. The second-order valence-electron chi connectivity index (χ2n) is 7.35. The van der Waals surface area contributed by atoms with Gasteiger partial charge in [-0.25, -0.2) is 4.98 Å². The zero-order valence-corrected chi connectivity index (χ0v) is 17.5. The number of aliphatic hydroxyl groups excluding tert-OH is 1. The standard InChI is InChI=1S/C21H22Cl2N4O2/c1-27-17-10-9-12(20(29)24-15-7-2-3-8-18(15)28)11-16(17)25-21(27)26-19-13(22)5-4-6-14(19)23/h4-6,9-11,15,18,28H,2-3,7-8H2,1H3,(H,24,29)(H,25,26). The Hall–Kier alpha value is -2.28. The fraction of sp³-hybridized carbons (Fsp3) is 0.333. The molecule has 6 nitrogen and oxygen atoms in total. The molecule has 1 amide bonds. The summed E-state index contributed by atoms with van der Waals surface area (Å²) in [5.41, 5.74) is 2.63. The average Bonchev–Trinajstić information content (AvgIpc) is 3.01. The van der Waals surface area contributed by atoms with Gasteiger partial charge in [-0.1, -0.05) is 42.1 Å². The average molecular weight is 433 g/mol. The summed E-state index contributed by atoms with van der Waals surface area (Å²) in [4.78, 5) is 17.3. The van der Waals surface area contributed by atoms with E-state index in [0.717, 1.165) is 31.2 Å². The number of para-hydroxylation sites is 1. The molecule has 2 aromatic carbocycles. The third-order valence-electron chi connectivity index (χ3n) is 5.39. The monoisotopic (exact) mass is 432 g/mol. The molecule has 3 aromatic rings. The SMILES string of the molecule is Cn1c(Nc2c(Cl)cccc2Cl)nc2cc(C(=O)NC3CCCCC3O)ccc21. The van der Waals surface area contributed by atoms with Crippen LogP contribution < -0.4 is 10.6 Å². The molecule has 1 saturated carbocycles. The number of halogens is 2. The fourth-order valence-electron chi connectivity index (χ4n) is 3.71. The van der Waals surface area contributed by atoms with Crippen LogP contribution in [0, 0.1) is 0 Å². The number of carbonyl (C=O) groups is 1. The van der Waals surface area contributed by atoms with Crippen LogP contribution in [0.4, 0.5) is 11.6 Å². The van der Waals surface area contributed by atoms with Crippen molar-refractivity contribution in [3.8, 4) is 0 Å². The number of benzene rings is 2. The maximum absolute atomic E-state index is 12.7. The van der Waals surface area contributed by atoms with Crippen molar-refractivity contribution >= 4 is 51.8 Å². The van der Waals surface area contributed by atoms with Gasteiger partial charge in [-0.15, -0.1) is 0 Å². The maximum atomic E-state index is 12.7. The second kappa shape index (κ2) is 8.22. The zero-order chi connectivity index (χ0) is 20.5. The van der Waals surface area contributed by atoms with Gasteiger partial charge in [-0.2, -0.15) is 0 Å². The number of hydrogen-bond acceptors (Lipinski definition) is 4. The first-order valence-corrected chi connectivity index (χ1v) is 10.4. The highest BCUT2D eigenvalue weighted by Crippen LogP contribution is 2.33. The lowest BCUT2D eigenvalue weighted by Crippen LogP contribution is -2.45. The van der Waals surface area contributed by atoms with Gasteiger partial charge in [-0.05, 0) is 43.2 Å². The molecule has 0 saturated heterocycles. The van der Waals surface area contributed by atoms with E-state index in [1.807, 2.05) is 17.7 Å². The normalized spacial score (nSPS) is 19.3. The van der Waals surface area contributed by atoms with Crippen LogP contribution in [0.1, 0.15) is 36.0 Å². The van der Waals surface area contributed by atoms with Gasteiger partial charge in [0.1, 0.15) is 0 Å². The number of aliphatic hydroxyl groups is 1. The van der Waals surface area contributed by atoms with Gasteiger partial charge < -0.3 is 20.3 Å². The van der Waals surface area contributed by atoms with Crippen LogP contribution in [0.3, 0.4) is 0 Å². The molecule has 2 atom stereocenters. The number of amides is 1. The summed E-state index contributed by atoms with van der Waals surface area (Å²) >= 11 is 12.5. The van der Waals surface area contributed by atoms with E-state index in [1.165, 1.54) is 0 Å². The largest absolute Gasteiger partial charge is 0.391 e. The lowest BCUT2D eigenvalue weighted by molar-refractivity contribution is 0.0717. The summed E-state index contributed by atoms with van der Waals surface area (Å²) in [6.45, 7) is 0. The van der Waals surface area contributed by atoms with Crippen molar-refractivity contribution in [2.24, 2.45) is 7.05 Å². The van der Waals surface area contributed by atoms with Crippen LogP contribution in [-0.2, 0) is 7.05 Å². The minimum Gasteiger partial charge on any atom is -0.391 e. The van der Waals surface area contributed by atoms with Crippen molar-refractivity contribution in [3.05, 3.63) is 52.0 Å². The van der Waals surface area contributed by atoms with Gasteiger partial charge in [0, 0.05) is 12.6 Å². The molecule has 2 unspecified atom stereocenters. The summed E-state index contributed by atoms with van der Waals surface area (Å²) in [5, 5.41) is 17.2. The molecule has 4 rings (SSSR count). The first kappa shape index (κ1) is 20.0. The van der Waals surface area contributed by atoms with Crippen molar-refractivity contribution in [1.29, 1.82) is 0 Å². The van der Waals surface area contributed by atoms with E-state index in [2.05, 4.69) is 15.6 Å². The molecule has 8 heteroatoms. The Labute approximate surface area is 178 Å². The van der Waals surface area contributed by atoms with Gasteiger partial charge in [0.25, 0.3) is 5.91 Å². The minimum atomic E-state index is -0.484. The molecule has 152 valence electrons. The van der Waals surface area contributed by atoms with Crippen LogP contribution in [0.15, 0.2) is 36.4 Å². The van der Waals surface area contributed by atoms with Crippen LogP contribution in [0.2, 0.25) is 10.0 Å². The number of aromatic nitrogens is 2. The molecule has 0 aliphatic heterocycles. The van der Waals surface area contributed by atoms with E-state index in [1.54, 1.807) is 30.3 Å². The summed E-state index contributed by atoms with van der Waals surface area (Å²) in [5.74, 6) is 0.363. The van der Waals surface area contributed by atoms with E-state index < -0.39 is 6.10 Å². The molecular weight excluding hydrogens is 411 g/mol. The van der Waals surface area contributed by atoms with Crippen LogP contribution >= 0.6 is 23.2 Å². The second-order valence-corrected chi connectivity index (χ2v) is 8.17.